The minimum Gasteiger partial charge on any atom is -0.481 e. The number of para-hydroxylation sites is 1. The van der Waals surface area contributed by atoms with Gasteiger partial charge in [-0.05, 0) is 138 Å². The molecule has 52 nitrogen and oxygen atoms in total. The lowest BCUT2D eigenvalue weighted by molar-refractivity contribution is -0.148. The summed E-state index contributed by atoms with van der Waals surface area (Å²) in [5.74, 6) is -17.1. The number of aliphatic carboxylic acids is 3. The number of carboxylic acids is 3. The molecule has 820 valence electrons. The molecule has 149 heavy (non-hydrogen) atoms. The highest BCUT2D eigenvalue weighted by Crippen LogP contribution is 2.28. The van der Waals surface area contributed by atoms with Crippen LogP contribution in [0.3, 0.4) is 0 Å². The highest BCUT2D eigenvalue weighted by molar-refractivity contribution is 6.01. The molecule has 3 fully saturated rings. The maximum atomic E-state index is 15.6. The molecule has 25 N–H and O–H groups in total. The Hall–Kier alpha value is -14.5. The van der Waals surface area contributed by atoms with Crippen LogP contribution in [0, 0.1) is 5.41 Å². The maximum absolute atomic E-state index is 15.6. The topological polar surface area (TPSA) is 769 Å². The van der Waals surface area contributed by atoms with Crippen molar-refractivity contribution in [2.24, 2.45) is 16.5 Å². The van der Waals surface area contributed by atoms with Crippen LogP contribution in [-0.4, -0.2) is 349 Å². The zero-order valence-corrected chi connectivity index (χ0v) is 84.5. The van der Waals surface area contributed by atoms with E-state index in [9.17, 15) is 87.2 Å². The van der Waals surface area contributed by atoms with Crippen molar-refractivity contribution in [2.75, 3.05) is 91.9 Å². The van der Waals surface area contributed by atoms with Gasteiger partial charge < -0.3 is 130 Å². The number of ether oxygens (including phenoxy) is 2. The number of hydrogen-bond acceptors (Lipinski definition) is 28. The number of aliphatic imine (C=N–C) groups is 1. The monoisotopic (exact) mass is 2090 g/mol. The minimum absolute atomic E-state index is 0.00711. The normalized spacial score (nSPS) is 18.9. The number of likely N-dealkylation sites (tertiary alicyclic amines) is 2. The van der Waals surface area contributed by atoms with Gasteiger partial charge in [0.15, 0.2) is 5.96 Å². The number of amides is 16. The van der Waals surface area contributed by atoms with Gasteiger partial charge in [0.25, 0.3) is 0 Å². The molecule has 1 aromatic carbocycles. The van der Waals surface area contributed by atoms with E-state index in [0.717, 1.165) is 56.2 Å². The van der Waals surface area contributed by atoms with Crippen LogP contribution in [0.15, 0.2) is 59.8 Å². The Balaban J connectivity index is 0.890. The average Bonchev–Trinajstić information content (AvgIpc) is 1.63. The van der Waals surface area contributed by atoms with E-state index in [0.29, 0.717) is 41.5 Å². The summed E-state index contributed by atoms with van der Waals surface area (Å²) in [6.45, 7) is -0.802. The third kappa shape index (κ3) is 45.0. The standard InChI is InChI=1S/C97H148N28O24/c1-61(126)110-70-37-38-80(128)103-41-23-32-71(114-91(142)72(50-62-54-107-66-28-16-15-27-65(62)66)115-88(139)68(31-22-42-106-97(99)100)111-81(129)56-108-87(138)73(116-90(70)141)51-63-26-21-40-102-63)95(146)125-46-25-34-77(125)96(147)124-45-24-33-76(124)94(145)118-74(52-64-55-101-60-109-64)92(143)117-75(53-83(131)132)93(144)113-69(30-18-20-44-123(57-84(133)134)58-85(135)136)89(140)112-67(86(98)137)29-17-19-39-104-82(130)59-149-49-48-148-47-43-105-79(127)36-14-12-10-8-6-4-2-3-5-7-9-11-13-35-78-119-121-122-120-78/h15-16,26-28,40,54-55,60,67-77,107H,2-14,17-25,29-39,41-53,56-59H2,1H3,(H2,98,137)(H,101,109)(H,103,128)(H,104,130)(H,105,127)(H,108,138)(H,110,126)(H,111,129)(H,112,140)(H,113,144)(H,114,142)(H,115,139)(H,116,141)(H,117,143)(H,118,145)(H,131,132)(H,133,134)(H,135,136)(H4,99,100,106)(H,119,120,121,122)/t67-,68-,69-,70-,71-,72-,73-,74-,75-,76-,77-/m0/s1. The molecule has 0 saturated carbocycles. The van der Waals surface area contributed by atoms with E-state index >= 15 is 19.2 Å². The van der Waals surface area contributed by atoms with Crippen LogP contribution in [-0.2, 0) is 120 Å². The Labute approximate surface area is 862 Å². The number of nitrogens with one attached hydrogen (secondary N) is 18. The molecular formula is C97H148N28O24. The number of benzene rings is 1. The Morgan fingerprint density at radius 1 is 0.584 bits per heavy atom. The summed E-state index contributed by atoms with van der Waals surface area (Å²) >= 11 is 0. The second-order valence-electron chi connectivity index (χ2n) is 37.5. The van der Waals surface area contributed by atoms with Crippen LogP contribution in [0.4, 0.5) is 0 Å². The van der Waals surface area contributed by atoms with Crippen molar-refractivity contribution in [2.45, 2.75) is 305 Å². The van der Waals surface area contributed by atoms with E-state index in [2.05, 4.69) is 115 Å². The maximum Gasteiger partial charge on any atom is 0.317 e. The van der Waals surface area contributed by atoms with Crippen LogP contribution < -0.4 is 85.9 Å². The summed E-state index contributed by atoms with van der Waals surface area (Å²) in [6.07, 6.45) is 21.7. The van der Waals surface area contributed by atoms with Crippen molar-refractivity contribution in [3.63, 3.8) is 0 Å². The molecule has 4 aromatic rings. The first kappa shape index (κ1) is 120. The summed E-state index contributed by atoms with van der Waals surface area (Å²) in [5, 5.41) is 88.4. The number of tetrazole rings is 1. The fourth-order valence-corrected chi connectivity index (χ4v) is 17.9. The van der Waals surface area contributed by atoms with E-state index in [1.165, 1.54) is 73.7 Å². The summed E-state index contributed by atoms with van der Waals surface area (Å²) in [4.78, 5) is 281. The number of rotatable bonds is 62. The van der Waals surface area contributed by atoms with Crippen molar-refractivity contribution in [3.8, 4) is 0 Å². The molecule has 0 aliphatic carbocycles. The lowest BCUT2D eigenvalue weighted by Gasteiger charge is -2.34. The molecule has 3 saturated heterocycles. The Morgan fingerprint density at radius 2 is 1.21 bits per heavy atom. The number of H-pyrrole nitrogens is 3. The van der Waals surface area contributed by atoms with Crippen molar-refractivity contribution in [1.82, 2.24) is 125 Å². The van der Waals surface area contributed by atoms with E-state index in [-0.39, 0.29) is 193 Å². The predicted octanol–water partition coefficient (Wildman–Crippen LogP) is -1.89. The molecule has 4 aliphatic heterocycles. The van der Waals surface area contributed by atoms with Crippen molar-refractivity contribution in [1.29, 1.82) is 5.41 Å². The smallest absolute Gasteiger partial charge is 0.317 e. The van der Waals surface area contributed by atoms with Gasteiger partial charge in [0.05, 0.1) is 52.2 Å². The first-order valence-corrected chi connectivity index (χ1v) is 51.4. The van der Waals surface area contributed by atoms with Gasteiger partial charge in [-0.1, -0.05) is 94.9 Å². The number of guanidine groups is 1. The number of aromatic amines is 3. The van der Waals surface area contributed by atoms with Crippen LogP contribution in [0.25, 0.3) is 10.9 Å². The summed E-state index contributed by atoms with van der Waals surface area (Å²) in [7, 11) is 0. The van der Waals surface area contributed by atoms with E-state index < -0.39 is 211 Å². The molecule has 52 heteroatoms. The quantitative estimate of drug-likeness (QED) is 0.0131. The number of carbonyl (C=O) groups excluding carboxylic acids is 16. The van der Waals surface area contributed by atoms with Gasteiger partial charge in [-0.2, -0.15) is 0 Å². The van der Waals surface area contributed by atoms with Crippen LogP contribution in [0.1, 0.15) is 236 Å². The van der Waals surface area contributed by atoms with Gasteiger partial charge >= 0.3 is 17.9 Å². The fraction of sp³-hybridized carbons (Fsp3) is 0.639. The number of unbranched alkanes of at least 4 members (excludes halogenated alkanes) is 14. The SMILES string of the molecule is CC(=O)N[C@H]1CCC(=O)NCCC[C@@H](C(=O)N2CCC[C@H]2C(=O)N2CCC[C@H]2C(=O)N[C@@H](Cc2cnc[nH]2)C(=O)N[C@@H](CC(=O)O)C(=O)N[C@@H](CCCCN(CC(=O)O)CC(=O)O)C(=O)N[C@@H](CCCCNC(=O)COCCOCCNC(=O)CCCCCCCCCCCCCCCc2nnn[nH]2)C(N)=O)NC(=O)[C@H](Cc2c[nH]c3ccccc23)NC(=O)[C@H](CCCNC(=N)N)NC(=O)CNC(=O)[C@H](CC2=CCC=N2)NC1=O. The van der Waals surface area contributed by atoms with Crippen LogP contribution in [0.5, 0.6) is 0 Å². The van der Waals surface area contributed by atoms with E-state index in [1.807, 2.05) is 0 Å². The Bertz CT molecular complexity index is 5120. The van der Waals surface area contributed by atoms with Gasteiger partial charge in [0.1, 0.15) is 78.9 Å². The van der Waals surface area contributed by atoms with Gasteiger partial charge in [0, 0.05) is 132 Å². The summed E-state index contributed by atoms with van der Waals surface area (Å²) in [5.41, 5.74) is 13.2. The molecule has 0 unspecified atom stereocenters. The molecule has 0 bridgehead atoms. The number of carbonyl (C=O) groups is 19. The number of allylic oxidation sites excluding steroid dienone is 1. The number of aromatic nitrogens is 7. The largest absolute Gasteiger partial charge is 0.481 e. The Kier molecular flexibility index (Phi) is 53.0. The number of imidazole rings is 1. The summed E-state index contributed by atoms with van der Waals surface area (Å²) in [6, 6.07) is -9.71. The number of nitrogens with zero attached hydrogens (tertiary/aromatic N) is 8. The minimum atomic E-state index is -2.04. The number of fused-ring (bicyclic) bond motifs is 1. The van der Waals surface area contributed by atoms with Crippen LogP contribution >= 0.6 is 0 Å². The zero-order chi connectivity index (χ0) is 108. The second kappa shape index (κ2) is 66.0. The number of hydrogen-bond donors (Lipinski definition) is 23. The van der Waals surface area contributed by atoms with Crippen LogP contribution in [0.2, 0.25) is 0 Å². The number of primary amides is 1. The van der Waals surface area contributed by atoms with Gasteiger partial charge in [-0.3, -0.25) is 106 Å². The molecule has 16 amide bonds. The first-order chi connectivity index (χ1) is 71.7. The molecular weight excluding hydrogens is 1940 g/mol. The number of carboxylic acid groups (broad SMARTS) is 3. The lowest BCUT2D eigenvalue weighted by Crippen LogP contribution is -2.60. The van der Waals surface area contributed by atoms with Crippen molar-refractivity contribution in [3.05, 3.63) is 71.8 Å². The predicted molar refractivity (Wildman–Crippen MR) is 537 cm³/mol. The highest BCUT2D eigenvalue weighted by atomic mass is 16.5. The molecule has 8 rings (SSSR count). The lowest BCUT2D eigenvalue weighted by atomic mass is 10.0. The molecule has 3 aromatic heterocycles. The van der Waals surface area contributed by atoms with Gasteiger partial charge in [-0.25, -0.2) is 10.1 Å². The zero-order valence-electron chi connectivity index (χ0n) is 84.5. The average molecular weight is 2090 g/mol. The molecule has 11 atom stereocenters. The summed E-state index contributed by atoms with van der Waals surface area (Å²) < 4.78 is 11.0. The van der Waals surface area contributed by atoms with E-state index in [4.69, 9.17) is 26.4 Å². The Morgan fingerprint density at radius 3 is 1.89 bits per heavy atom. The molecule has 7 heterocycles. The second-order valence-corrected chi connectivity index (χ2v) is 37.5. The van der Waals surface area contributed by atoms with Crippen molar-refractivity contribution < 1.29 is 116 Å². The third-order valence-corrected chi connectivity index (χ3v) is 25.6. The van der Waals surface area contributed by atoms with Crippen molar-refractivity contribution >= 4 is 135 Å². The molecule has 0 radical (unpaired) electrons. The molecule has 4 aliphatic rings. The number of nitrogens with two attached hydrogens (primary N) is 2. The van der Waals surface area contributed by atoms with E-state index in [1.54, 1.807) is 42.8 Å². The van der Waals surface area contributed by atoms with Gasteiger partial charge in [-0.15, -0.1) is 5.10 Å². The fourth-order valence-electron chi connectivity index (χ4n) is 17.9. The molecule has 0 spiro atoms. The number of aryl methyl sites for hydroxylation is 1. The van der Waals surface area contributed by atoms with Gasteiger partial charge in [0.2, 0.25) is 94.5 Å². The highest BCUT2D eigenvalue weighted by Gasteiger charge is 2.46. The first-order valence-electron chi connectivity index (χ1n) is 51.4. The third-order valence-electron chi connectivity index (χ3n) is 25.6.